The number of amides is 1. The van der Waals surface area contributed by atoms with Gasteiger partial charge in [-0.15, -0.1) is 0 Å². The van der Waals surface area contributed by atoms with Crippen LogP contribution in [0.3, 0.4) is 0 Å². The predicted octanol–water partition coefficient (Wildman–Crippen LogP) is -5.13. The van der Waals surface area contributed by atoms with Crippen LogP contribution in [0.15, 0.2) is 24.5 Å². The third-order valence-corrected chi connectivity index (χ3v) is 7.07. The first-order valence-corrected chi connectivity index (χ1v) is 13.6. The highest BCUT2D eigenvalue weighted by Gasteiger charge is 2.34. The Kier molecular flexibility index (Phi) is 14.0. The highest BCUT2D eigenvalue weighted by molar-refractivity contribution is 5.97. The quantitative estimate of drug-likeness (QED) is 0.0732. The number of nitrogens with one attached hydrogen (secondary N) is 1. The number of imidazole rings is 1. The maximum atomic E-state index is 12.9. The predicted molar refractivity (Wildman–Crippen MR) is 144 cm³/mol. The number of hydrogen-bond acceptors (Lipinski definition) is 12. The average molecular weight is 590 g/mol. The largest absolute Gasteiger partial charge is 0.394 e. The zero-order valence-corrected chi connectivity index (χ0v) is 23.3. The van der Waals surface area contributed by atoms with Crippen molar-refractivity contribution in [3.05, 3.63) is 30.1 Å². The smallest absolute Gasteiger partial charge is 0.251 e. The molecule has 0 saturated carbocycles. The van der Waals surface area contributed by atoms with Crippen LogP contribution in [0.2, 0.25) is 0 Å². The summed E-state index contributed by atoms with van der Waals surface area (Å²) < 4.78 is 4.08. The van der Waals surface area contributed by atoms with Crippen LogP contribution >= 0.6 is 0 Å². The molecule has 15 heteroatoms. The number of hydrogen-bond donors (Lipinski definition) is 11. The van der Waals surface area contributed by atoms with E-state index in [1.54, 1.807) is 12.1 Å². The van der Waals surface area contributed by atoms with E-state index in [-0.39, 0.29) is 13.1 Å². The van der Waals surface area contributed by atoms with E-state index in [1.807, 2.05) is 30.8 Å². The molecule has 0 aliphatic heterocycles. The van der Waals surface area contributed by atoms with Gasteiger partial charge < -0.3 is 56.4 Å². The lowest BCUT2D eigenvalue weighted by Crippen LogP contribution is -2.54. The van der Waals surface area contributed by atoms with E-state index in [1.165, 1.54) is 4.90 Å². The van der Waals surface area contributed by atoms with Gasteiger partial charge in [-0.1, -0.05) is 0 Å². The molecule has 2 aromatic rings. The standard InChI is InChI=1S/C26H44N4O11/c1-3-29-14-30(4-2)17-9-15(5-6-16(17)29)26(41)27-7-8-28(10-18(33)22(37)24(39)20(35)12-31)11-19(34)23(38)25(40)21(36)13-32/h5-6,9,14,18-25,31-40H,3-4,7-8,10-13H2,1-2H3/p+1/t18-,19-,20+,21+,22+,23+,24+,25+/m0/s1. The molecule has 15 nitrogen and oxygen atoms in total. The summed E-state index contributed by atoms with van der Waals surface area (Å²) in [5.74, 6) is -0.400. The Labute approximate surface area is 237 Å². The summed E-state index contributed by atoms with van der Waals surface area (Å²) in [7, 11) is 0. The molecule has 234 valence electrons. The van der Waals surface area contributed by atoms with Crippen LogP contribution in [0.1, 0.15) is 24.2 Å². The van der Waals surface area contributed by atoms with Gasteiger partial charge in [-0.3, -0.25) is 9.69 Å². The summed E-state index contributed by atoms with van der Waals surface area (Å²) in [6.45, 7) is 2.82. The molecule has 0 radical (unpaired) electrons. The Balaban J connectivity index is 2.13. The Morgan fingerprint density at radius 2 is 1.37 bits per heavy atom. The van der Waals surface area contributed by atoms with E-state index >= 15 is 0 Å². The number of aryl methyl sites for hydroxylation is 2. The van der Waals surface area contributed by atoms with Gasteiger partial charge in [0.1, 0.15) is 36.6 Å². The number of carbonyl (C=O) groups excluding carboxylic acids is 1. The van der Waals surface area contributed by atoms with E-state index in [0.29, 0.717) is 12.1 Å². The van der Waals surface area contributed by atoms with Crippen molar-refractivity contribution < 1.29 is 60.4 Å². The second kappa shape index (κ2) is 16.4. The summed E-state index contributed by atoms with van der Waals surface area (Å²) in [4.78, 5) is 14.2. The molecule has 8 atom stereocenters. The molecule has 1 aromatic carbocycles. The molecule has 1 aromatic heterocycles. The number of benzene rings is 1. The van der Waals surface area contributed by atoms with Crippen molar-refractivity contribution in [1.29, 1.82) is 0 Å². The first-order chi connectivity index (χ1) is 19.4. The zero-order valence-electron chi connectivity index (χ0n) is 23.3. The summed E-state index contributed by atoms with van der Waals surface area (Å²) in [6, 6.07) is 5.30. The van der Waals surface area contributed by atoms with Gasteiger partial charge in [0.25, 0.3) is 5.91 Å². The summed E-state index contributed by atoms with van der Waals surface area (Å²) in [5, 5.41) is 101. The van der Waals surface area contributed by atoms with E-state index in [9.17, 15) is 45.6 Å². The van der Waals surface area contributed by atoms with Crippen LogP contribution in [-0.4, -0.2) is 155 Å². The minimum atomic E-state index is -1.90. The zero-order chi connectivity index (χ0) is 30.9. The van der Waals surface area contributed by atoms with E-state index in [0.717, 1.165) is 17.6 Å². The van der Waals surface area contributed by atoms with Gasteiger partial charge in [0.2, 0.25) is 6.33 Å². The molecule has 0 saturated heterocycles. The van der Waals surface area contributed by atoms with Crippen LogP contribution < -0.4 is 9.88 Å². The fraction of sp³-hybridized carbons (Fsp3) is 0.692. The van der Waals surface area contributed by atoms with Crippen molar-refractivity contribution in [2.24, 2.45) is 0 Å². The number of aliphatic hydroxyl groups excluding tert-OH is 10. The first-order valence-electron chi connectivity index (χ1n) is 13.6. The first kappa shape index (κ1) is 34.9. The van der Waals surface area contributed by atoms with Crippen molar-refractivity contribution in [1.82, 2.24) is 14.8 Å². The van der Waals surface area contributed by atoms with Crippen LogP contribution in [0.5, 0.6) is 0 Å². The summed E-state index contributed by atoms with van der Waals surface area (Å²) in [6.07, 6.45) is -12.5. The number of aromatic nitrogens is 2. The number of fused-ring (bicyclic) bond motifs is 1. The maximum Gasteiger partial charge on any atom is 0.251 e. The van der Waals surface area contributed by atoms with Crippen LogP contribution in [0, 0.1) is 0 Å². The third-order valence-electron chi connectivity index (χ3n) is 7.07. The van der Waals surface area contributed by atoms with Crippen LogP contribution in [0.25, 0.3) is 11.0 Å². The molecule has 0 spiro atoms. The fourth-order valence-electron chi connectivity index (χ4n) is 4.49. The van der Waals surface area contributed by atoms with Gasteiger partial charge in [-0.2, -0.15) is 0 Å². The lowest BCUT2D eigenvalue weighted by molar-refractivity contribution is -0.668. The average Bonchev–Trinajstić information content (AvgIpc) is 3.35. The molecule has 41 heavy (non-hydrogen) atoms. The second-order valence-corrected chi connectivity index (χ2v) is 10.0. The molecule has 0 fully saturated rings. The number of carbonyl (C=O) groups is 1. The monoisotopic (exact) mass is 589 g/mol. The van der Waals surface area contributed by atoms with E-state index < -0.39 is 81.0 Å². The van der Waals surface area contributed by atoms with E-state index in [2.05, 4.69) is 9.88 Å². The number of aliphatic hydroxyl groups is 10. The van der Waals surface area contributed by atoms with Crippen molar-refractivity contribution in [2.45, 2.75) is 75.8 Å². The third kappa shape index (κ3) is 9.10. The highest BCUT2D eigenvalue weighted by Crippen LogP contribution is 2.15. The lowest BCUT2D eigenvalue weighted by Gasteiger charge is -2.33. The molecule has 1 amide bonds. The molecular formula is C26H45N4O11+. The van der Waals surface area contributed by atoms with Gasteiger partial charge in [-0.05, 0) is 26.0 Å². The Morgan fingerprint density at radius 3 is 1.83 bits per heavy atom. The van der Waals surface area contributed by atoms with Crippen molar-refractivity contribution in [3.8, 4) is 0 Å². The minimum Gasteiger partial charge on any atom is -0.394 e. The van der Waals surface area contributed by atoms with Crippen LogP contribution in [-0.2, 0) is 13.1 Å². The molecule has 0 bridgehead atoms. The molecule has 0 unspecified atom stereocenters. The van der Waals surface area contributed by atoms with Gasteiger partial charge in [0.15, 0.2) is 11.0 Å². The van der Waals surface area contributed by atoms with Crippen molar-refractivity contribution in [2.75, 3.05) is 39.4 Å². The number of rotatable bonds is 18. The molecule has 0 aliphatic carbocycles. The maximum absolute atomic E-state index is 12.9. The molecule has 1 heterocycles. The fourth-order valence-corrected chi connectivity index (χ4v) is 4.49. The highest BCUT2D eigenvalue weighted by atomic mass is 16.4. The summed E-state index contributed by atoms with van der Waals surface area (Å²) in [5.41, 5.74) is 2.25. The second-order valence-electron chi connectivity index (χ2n) is 10.0. The van der Waals surface area contributed by atoms with Gasteiger partial charge >= 0.3 is 0 Å². The Hall–Kier alpha value is -2.28. The normalized spacial score (nSPS) is 18.1. The van der Waals surface area contributed by atoms with Crippen LogP contribution in [0.4, 0.5) is 0 Å². The van der Waals surface area contributed by atoms with E-state index in [4.69, 9.17) is 10.2 Å². The van der Waals surface area contributed by atoms with Crippen molar-refractivity contribution >= 4 is 16.9 Å². The van der Waals surface area contributed by atoms with Gasteiger partial charge in [-0.25, -0.2) is 9.13 Å². The molecule has 2 rings (SSSR count). The van der Waals surface area contributed by atoms with Gasteiger partial charge in [0, 0.05) is 37.8 Å². The lowest BCUT2D eigenvalue weighted by atomic mass is 10.0. The minimum absolute atomic E-state index is 0.0180. The topological polar surface area (TPSA) is 243 Å². The summed E-state index contributed by atoms with van der Waals surface area (Å²) >= 11 is 0. The molecule has 11 N–H and O–H groups in total. The SMILES string of the molecule is CCn1c[n+](CC)c2ccc(C(=O)NCCN(C[C@H](O)[C@@H](O)[C@H](O)[C@H](O)CO)C[C@H](O)[C@@H](O)[C@H](O)[C@H](O)CO)cc21. The van der Waals surface area contributed by atoms with Gasteiger partial charge in [0.05, 0.1) is 38.5 Å². The Bertz CT molecular complexity index is 1060. The van der Waals surface area contributed by atoms with Crippen molar-refractivity contribution in [3.63, 3.8) is 0 Å². The molecule has 0 aliphatic rings. The number of nitrogens with zero attached hydrogens (tertiary/aromatic N) is 3. The Morgan fingerprint density at radius 1 is 0.854 bits per heavy atom. The molecular weight excluding hydrogens is 544 g/mol.